The number of benzene rings is 2. The van der Waals surface area contributed by atoms with Crippen molar-refractivity contribution in [1.29, 1.82) is 5.26 Å². The Morgan fingerprint density at radius 3 is 2.74 bits per heavy atom. The van der Waals surface area contributed by atoms with E-state index >= 15 is 0 Å². The van der Waals surface area contributed by atoms with Crippen molar-refractivity contribution >= 4 is 45.9 Å². The minimum absolute atomic E-state index is 0.0464. The molecule has 1 aromatic heterocycles. The molecule has 38 heavy (non-hydrogen) atoms. The van der Waals surface area contributed by atoms with Crippen LogP contribution in [0.5, 0.6) is 0 Å². The molecule has 10 heteroatoms. The average molecular weight is 536 g/mol. The molecule has 2 N–H and O–H groups in total. The zero-order valence-corrected chi connectivity index (χ0v) is 22.0. The molecular formula is C28H27ClFN5O3. The van der Waals surface area contributed by atoms with Gasteiger partial charge in [-0.2, -0.15) is 5.26 Å². The summed E-state index contributed by atoms with van der Waals surface area (Å²) in [5.41, 5.74) is 0.970. The highest BCUT2D eigenvalue weighted by molar-refractivity contribution is 6.35. The summed E-state index contributed by atoms with van der Waals surface area (Å²) in [5.74, 6) is -1.58. The number of fused-ring (bicyclic) bond motifs is 3. The van der Waals surface area contributed by atoms with E-state index in [1.807, 2.05) is 32.0 Å². The topological polar surface area (TPSA) is 109 Å². The first-order chi connectivity index (χ1) is 18.1. The second kappa shape index (κ2) is 9.44. The van der Waals surface area contributed by atoms with E-state index in [9.17, 15) is 24.0 Å². The molecule has 0 bridgehead atoms. The number of nitrogens with one attached hydrogen (secondary N) is 2. The lowest BCUT2D eigenvalue weighted by Crippen LogP contribution is -2.52. The number of para-hydroxylation sites is 1. The lowest BCUT2D eigenvalue weighted by atomic mass is 9.80. The maximum absolute atomic E-state index is 14.0. The number of nitrogens with zero attached hydrogens (tertiary/aromatic N) is 3. The van der Waals surface area contributed by atoms with Crippen LogP contribution in [-0.4, -0.2) is 58.2 Å². The van der Waals surface area contributed by atoms with Crippen LogP contribution in [0.1, 0.15) is 42.7 Å². The molecular weight excluding hydrogens is 509 g/mol. The highest BCUT2D eigenvalue weighted by atomic mass is 35.5. The Bertz CT molecular complexity index is 1510. The standard InChI is InChI=1S/C28H27ClFN5O3/c1-15(2)8-24(34(3)25(36)23-11-18-20(29)9-16(30)10-22(18)32-23)26(37)35-14-28(12-17(35)13-31)19-6-4-5-7-21(19)33-27(28)38/h4-7,9-11,15,17,24,32H,8,12,14H2,1-3H3,(H,33,38)/t17?,24-,28-/m0/s1. The van der Waals surface area contributed by atoms with Crippen molar-refractivity contribution < 1.29 is 18.8 Å². The number of H-pyrrole nitrogens is 1. The van der Waals surface area contributed by atoms with Crippen molar-refractivity contribution in [1.82, 2.24) is 14.8 Å². The Kier molecular flexibility index (Phi) is 6.40. The molecule has 196 valence electrons. The van der Waals surface area contributed by atoms with Crippen molar-refractivity contribution in [2.24, 2.45) is 5.92 Å². The molecule has 0 saturated carbocycles. The van der Waals surface area contributed by atoms with E-state index in [0.717, 1.165) is 5.56 Å². The van der Waals surface area contributed by atoms with Gasteiger partial charge in [0.05, 0.1) is 22.0 Å². The van der Waals surface area contributed by atoms with Gasteiger partial charge in [0.2, 0.25) is 11.8 Å². The fourth-order valence-electron chi connectivity index (χ4n) is 5.66. The predicted molar refractivity (Wildman–Crippen MR) is 141 cm³/mol. The fraction of sp³-hybridized carbons (Fsp3) is 0.357. The summed E-state index contributed by atoms with van der Waals surface area (Å²) < 4.78 is 13.8. The average Bonchev–Trinajstić information content (AvgIpc) is 3.56. The van der Waals surface area contributed by atoms with Crippen molar-refractivity contribution in [3.63, 3.8) is 0 Å². The fourth-order valence-corrected chi connectivity index (χ4v) is 5.92. The number of hydrogen-bond donors (Lipinski definition) is 2. The molecule has 3 atom stereocenters. The molecule has 2 aliphatic heterocycles. The van der Waals surface area contributed by atoms with E-state index in [0.29, 0.717) is 23.0 Å². The predicted octanol–water partition coefficient (Wildman–Crippen LogP) is 4.46. The van der Waals surface area contributed by atoms with E-state index in [4.69, 9.17) is 11.6 Å². The number of likely N-dealkylation sites (tertiary alicyclic amines) is 1. The second-order valence-electron chi connectivity index (χ2n) is 10.5. The summed E-state index contributed by atoms with van der Waals surface area (Å²) in [6.07, 6.45) is 0.525. The minimum Gasteiger partial charge on any atom is -0.350 e. The molecule has 3 heterocycles. The van der Waals surface area contributed by atoms with Gasteiger partial charge < -0.3 is 20.1 Å². The maximum Gasteiger partial charge on any atom is 0.270 e. The number of nitriles is 1. The van der Waals surface area contributed by atoms with E-state index in [2.05, 4.69) is 16.4 Å². The van der Waals surface area contributed by atoms with E-state index in [1.165, 1.54) is 35.0 Å². The lowest BCUT2D eigenvalue weighted by Gasteiger charge is -2.33. The molecule has 0 aliphatic carbocycles. The summed E-state index contributed by atoms with van der Waals surface area (Å²) in [6, 6.07) is 11.8. The number of aromatic amines is 1. The second-order valence-corrected chi connectivity index (χ2v) is 10.9. The third-order valence-electron chi connectivity index (χ3n) is 7.57. The maximum atomic E-state index is 14.0. The Labute approximate surface area is 224 Å². The van der Waals surface area contributed by atoms with Crippen molar-refractivity contribution in [2.45, 2.75) is 44.2 Å². The SMILES string of the molecule is CC(C)C[C@@H](C(=O)N1C[C@]2(CC1C#N)C(=O)Nc1ccccc12)N(C)C(=O)c1cc2c(Cl)cc(F)cc2[nH]1. The molecule has 2 aliphatic rings. The minimum atomic E-state index is -1.02. The van der Waals surface area contributed by atoms with Crippen LogP contribution in [0.3, 0.4) is 0 Å². The van der Waals surface area contributed by atoms with Gasteiger partial charge >= 0.3 is 0 Å². The van der Waals surface area contributed by atoms with E-state index < -0.39 is 35.1 Å². The smallest absolute Gasteiger partial charge is 0.270 e. The Morgan fingerprint density at radius 2 is 2.03 bits per heavy atom. The van der Waals surface area contributed by atoms with Gasteiger partial charge in [-0.15, -0.1) is 0 Å². The Hall–Kier alpha value is -3.90. The number of rotatable bonds is 5. The van der Waals surface area contributed by atoms with Gasteiger partial charge in [-0.1, -0.05) is 43.6 Å². The molecule has 1 fully saturated rings. The van der Waals surface area contributed by atoms with Crippen LogP contribution in [0, 0.1) is 23.1 Å². The van der Waals surface area contributed by atoms with Gasteiger partial charge in [0.25, 0.3) is 5.91 Å². The number of aromatic nitrogens is 1. The summed E-state index contributed by atoms with van der Waals surface area (Å²) in [7, 11) is 1.53. The summed E-state index contributed by atoms with van der Waals surface area (Å²) in [4.78, 5) is 46.4. The van der Waals surface area contributed by atoms with Crippen molar-refractivity contribution in [2.75, 3.05) is 18.9 Å². The Balaban J connectivity index is 1.46. The zero-order valence-electron chi connectivity index (χ0n) is 21.2. The highest BCUT2D eigenvalue weighted by Gasteiger charge is 2.56. The van der Waals surface area contributed by atoms with Crippen molar-refractivity contribution in [3.05, 3.63) is 64.6 Å². The first-order valence-corrected chi connectivity index (χ1v) is 12.8. The number of likely N-dealkylation sites (N-methyl/N-ethyl adjacent to an activating group) is 1. The summed E-state index contributed by atoms with van der Waals surface area (Å²) in [6.45, 7) is 3.93. The lowest BCUT2D eigenvalue weighted by molar-refractivity contribution is -0.136. The molecule has 3 aromatic rings. The third kappa shape index (κ3) is 4.09. The molecule has 1 spiro atoms. The molecule has 5 rings (SSSR count). The van der Waals surface area contributed by atoms with Crippen LogP contribution in [-0.2, 0) is 15.0 Å². The van der Waals surface area contributed by atoms with Gasteiger partial charge in [0.15, 0.2) is 0 Å². The first-order valence-electron chi connectivity index (χ1n) is 12.4. The molecule has 1 saturated heterocycles. The number of hydrogen-bond acceptors (Lipinski definition) is 4. The monoisotopic (exact) mass is 535 g/mol. The number of carbonyl (C=O) groups is 3. The van der Waals surface area contributed by atoms with E-state index in [1.54, 1.807) is 6.07 Å². The largest absolute Gasteiger partial charge is 0.350 e. The highest BCUT2D eigenvalue weighted by Crippen LogP contribution is 2.46. The number of carbonyl (C=O) groups excluding carboxylic acids is 3. The van der Waals surface area contributed by atoms with Crippen LogP contribution in [0.2, 0.25) is 5.02 Å². The number of anilines is 1. The molecule has 1 unspecified atom stereocenters. The quantitative estimate of drug-likeness (QED) is 0.502. The first kappa shape index (κ1) is 25.7. The van der Waals surface area contributed by atoms with Gasteiger partial charge in [-0.3, -0.25) is 14.4 Å². The number of amides is 3. The van der Waals surface area contributed by atoms with Crippen LogP contribution < -0.4 is 5.32 Å². The molecule has 8 nitrogen and oxygen atoms in total. The van der Waals surface area contributed by atoms with Crippen molar-refractivity contribution in [3.8, 4) is 6.07 Å². The molecule has 0 radical (unpaired) electrons. The van der Waals surface area contributed by atoms with Gasteiger partial charge in [-0.05, 0) is 42.2 Å². The van der Waals surface area contributed by atoms with Crippen LogP contribution in [0.4, 0.5) is 10.1 Å². The summed E-state index contributed by atoms with van der Waals surface area (Å²) >= 11 is 6.16. The Morgan fingerprint density at radius 1 is 1.29 bits per heavy atom. The molecule has 3 amide bonds. The van der Waals surface area contributed by atoms with E-state index in [-0.39, 0.29) is 35.5 Å². The molecule has 2 aromatic carbocycles. The zero-order chi connectivity index (χ0) is 27.4. The van der Waals surface area contributed by atoms with Gasteiger partial charge in [0.1, 0.15) is 23.6 Å². The van der Waals surface area contributed by atoms with Crippen LogP contribution in [0.15, 0.2) is 42.5 Å². The normalized spacial score (nSPS) is 21.0. The van der Waals surface area contributed by atoms with Crippen LogP contribution in [0.25, 0.3) is 10.9 Å². The van der Waals surface area contributed by atoms with Crippen LogP contribution >= 0.6 is 11.6 Å². The number of halogens is 2. The third-order valence-corrected chi connectivity index (χ3v) is 7.88. The van der Waals surface area contributed by atoms with Gasteiger partial charge in [-0.25, -0.2) is 4.39 Å². The van der Waals surface area contributed by atoms with Gasteiger partial charge in [0, 0.05) is 31.1 Å². The summed E-state index contributed by atoms with van der Waals surface area (Å²) in [5, 5.41) is 13.5.